The van der Waals surface area contributed by atoms with Crippen molar-refractivity contribution in [1.82, 2.24) is 34.2 Å². The van der Waals surface area contributed by atoms with Crippen LogP contribution in [0, 0.1) is 0 Å². The number of aromatic nitrogens is 5. The van der Waals surface area contributed by atoms with Crippen molar-refractivity contribution in [2.24, 2.45) is 0 Å². The molecular formula is C26H25ClF2N8O3. The highest BCUT2D eigenvalue weighted by Gasteiger charge is 2.39. The second-order valence-corrected chi connectivity index (χ2v) is 10.3. The van der Waals surface area contributed by atoms with Gasteiger partial charge >= 0.3 is 6.61 Å². The molecule has 3 aromatic heterocycles. The number of hydrogen-bond acceptors (Lipinski definition) is 7. The molecule has 2 aliphatic rings. The molecule has 6 rings (SSSR count). The fourth-order valence-electron chi connectivity index (χ4n) is 5.41. The van der Waals surface area contributed by atoms with Gasteiger partial charge in [-0.25, -0.2) is 9.50 Å². The molecule has 0 unspecified atom stereocenters. The van der Waals surface area contributed by atoms with Gasteiger partial charge in [0.15, 0.2) is 5.65 Å². The van der Waals surface area contributed by atoms with E-state index in [1.807, 2.05) is 4.90 Å². The number of hydrogen-bond donors (Lipinski definition) is 1. The minimum absolute atomic E-state index is 0.101. The molecule has 11 nitrogen and oxygen atoms in total. The Morgan fingerprint density at radius 1 is 1.23 bits per heavy atom. The lowest BCUT2D eigenvalue weighted by Gasteiger charge is -2.38. The Morgan fingerprint density at radius 3 is 2.75 bits per heavy atom. The molecule has 40 heavy (non-hydrogen) atoms. The van der Waals surface area contributed by atoms with Crippen LogP contribution in [-0.4, -0.2) is 84.8 Å². The van der Waals surface area contributed by atoms with Crippen molar-refractivity contribution in [3.8, 4) is 17.0 Å². The number of nitrogens with zero attached hydrogens (tertiary/aromatic N) is 7. The third-order valence-corrected chi connectivity index (χ3v) is 7.68. The number of alkyl halides is 2. The molecule has 208 valence electrons. The van der Waals surface area contributed by atoms with Crippen LogP contribution in [0.5, 0.6) is 5.75 Å². The molecule has 2 aliphatic heterocycles. The van der Waals surface area contributed by atoms with Crippen LogP contribution in [0.3, 0.4) is 0 Å². The van der Waals surface area contributed by atoms with Gasteiger partial charge in [-0.2, -0.15) is 19.0 Å². The van der Waals surface area contributed by atoms with Crippen LogP contribution in [0.4, 0.5) is 14.5 Å². The molecule has 2 amide bonds. The van der Waals surface area contributed by atoms with E-state index in [-0.39, 0.29) is 45.7 Å². The predicted molar refractivity (Wildman–Crippen MR) is 141 cm³/mol. The van der Waals surface area contributed by atoms with Crippen LogP contribution in [0.1, 0.15) is 23.2 Å². The summed E-state index contributed by atoms with van der Waals surface area (Å²) >= 11 is 6.20. The highest BCUT2D eigenvalue weighted by atomic mass is 35.5. The number of piperazine rings is 1. The first-order valence-electron chi connectivity index (χ1n) is 12.7. The van der Waals surface area contributed by atoms with Crippen molar-refractivity contribution < 1.29 is 23.1 Å². The van der Waals surface area contributed by atoms with Gasteiger partial charge in [0.25, 0.3) is 5.91 Å². The standard InChI is InChI=1S/C26H25ClF2N8O3/c1-34-16-4-5-17(34)12-35(11-16)22(38)14-36-13-20(32-25(39)19-10-31-37-8-2-7-30-24(19)37)23(33-36)18-9-15(27)3-6-21(18)40-26(28)29/h2-3,6-10,13,16-17,26H,4-5,11-12,14H2,1H3,(H,32,39)/t16-,17+. The maximum absolute atomic E-state index is 13.3. The molecule has 5 heterocycles. The van der Waals surface area contributed by atoms with Crippen LogP contribution in [0.2, 0.25) is 5.02 Å². The molecule has 14 heteroatoms. The van der Waals surface area contributed by atoms with Gasteiger partial charge in [0.05, 0.1) is 11.9 Å². The summed E-state index contributed by atoms with van der Waals surface area (Å²) < 4.78 is 34.0. The Hall–Kier alpha value is -4.10. The summed E-state index contributed by atoms with van der Waals surface area (Å²) in [5, 5.41) is 11.7. The van der Waals surface area contributed by atoms with Crippen molar-refractivity contribution in [3.63, 3.8) is 0 Å². The number of carbonyl (C=O) groups is 2. The number of likely N-dealkylation sites (N-methyl/N-ethyl adjacent to an activating group) is 1. The van der Waals surface area contributed by atoms with Gasteiger partial charge in [0.2, 0.25) is 5.91 Å². The van der Waals surface area contributed by atoms with Gasteiger partial charge in [-0.1, -0.05) is 11.6 Å². The van der Waals surface area contributed by atoms with Gasteiger partial charge in [-0.05, 0) is 44.2 Å². The van der Waals surface area contributed by atoms with Crippen LogP contribution < -0.4 is 10.1 Å². The average Bonchev–Trinajstić information content (AvgIpc) is 3.57. The largest absolute Gasteiger partial charge is 0.434 e. The van der Waals surface area contributed by atoms with Crippen LogP contribution >= 0.6 is 11.6 Å². The average molecular weight is 571 g/mol. The second-order valence-electron chi connectivity index (χ2n) is 9.86. The zero-order valence-corrected chi connectivity index (χ0v) is 22.1. The number of benzene rings is 1. The van der Waals surface area contributed by atoms with E-state index in [2.05, 4.69) is 32.4 Å². The second kappa shape index (κ2) is 10.5. The number of fused-ring (bicyclic) bond motifs is 3. The summed E-state index contributed by atoms with van der Waals surface area (Å²) in [6.07, 6.45) is 8.14. The number of nitrogens with one attached hydrogen (secondary N) is 1. The van der Waals surface area contributed by atoms with E-state index < -0.39 is 12.5 Å². The number of anilines is 1. The Balaban J connectivity index is 1.33. The third kappa shape index (κ3) is 4.97. The number of amides is 2. The molecule has 2 saturated heterocycles. The summed E-state index contributed by atoms with van der Waals surface area (Å²) in [6, 6.07) is 6.45. The molecule has 0 saturated carbocycles. The molecule has 2 bridgehead atoms. The number of rotatable bonds is 7. The predicted octanol–water partition coefficient (Wildman–Crippen LogP) is 3.40. The van der Waals surface area contributed by atoms with Crippen LogP contribution in [0.15, 0.2) is 49.1 Å². The van der Waals surface area contributed by atoms with Crippen molar-refractivity contribution in [2.45, 2.75) is 38.1 Å². The lowest BCUT2D eigenvalue weighted by molar-refractivity contribution is -0.135. The van der Waals surface area contributed by atoms with Crippen molar-refractivity contribution in [1.29, 1.82) is 0 Å². The van der Waals surface area contributed by atoms with E-state index in [1.54, 1.807) is 12.3 Å². The molecule has 1 aromatic carbocycles. The maximum atomic E-state index is 13.3. The maximum Gasteiger partial charge on any atom is 0.387 e. The fourth-order valence-corrected chi connectivity index (χ4v) is 5.58. The first kappa shape index (κ1) is 26.1. The summed E-state index contributed by atoms with van der Waals surface area (Å²) in [4.78, 5) is 34.9. The van der Waals surface area contributed by atoms with E-state index in [4.69, 9.17) is 16.3 Å². The highest BCUT2D eigenvalue weighted by Crippen LogP contribution is 2.37. The normalized spacial score (nSPS) is 19.0. The van der Waals surface area contributed by atoms with Gasteiger partial charge < -0.3 is 15.0 Å². The monoisotopic (exact) mass is 570 g/mol. The molecule has 1 N–H and O–H groups in total. The Morgan fingerprint density at radius 2 is 2.00 bits per heavy atom. The molecular weight excluding hydrogens is 546 g/mol. The van der Waals surface area contributed by atoms with Crippen LogP contribution in [0.25, 0.3) is 16.9 Å². The first-order chi connectivity index (χ1) is 19.3. The van der Waals surface area contributed by atoms with Gasteiger partial charge in [-0.3, -0.25) is 19.2 Å². The Labute approximate surface area is 232 Å². The summed E-state index contributed by atoms with van der Waals surface area (Å²) in [5.41, 5.74) is 0.941. The fraction of sp³-hybridized carbons (Fsp3) is 0.346. The summed E-state index contributed by atoms with van der Waals surface area (Å²) in [5.74, 6) is -0.853. The third-order valence-electron chi connectivity index (χ3n) is 7.44. The van der Waals surface area contributed by atoms with Crippen LogP contribution in [-0.2, 0) is 11.3 Å². The lowest BCUT2D eigenvalue weighted by atomic mass is 10.1. The summed E-state index contributed by atoms with van der Waals surface area (Å²) in [6.45, 7) is -1.94. The number of likely N-dealkylation sites (tertiary alicyclic amines) is 1. The van der Waals surface area contributed by atoms with E-state index in [1.165, 1.54) is 46.0 Å². The molecule has 4 aromatic rings. The zero-order chi connectivity index (χ0) is 28.0. The topological polar surface area (TPSA) is 110 Å². The van der Waals surface area contributed by atoms with E-state index in [0.29, 0.717) is 30.8 Å². The van der Waals surface area contributed by atoms with Crippen molar-refractivity contribution >= 4 is 34.7 Å². The smallest absolute Gasteiger partial charge is 0.387 e. The number of carbonyl (C=O) groups excluding carboxylic acids is 2. The van der Waals surface area contributed by atoms with Gasteiger partial charge in [0.1, 0.15) is 23.6 Å². The van der Waals surface area contributed by atoms with E-state index in [0.717, 1.165) is 12.8 Å². The highest BCUT2D eigenvalue weighted by molar-refractivity contribution is 6.31. The van der Waals surface area contributed by atoms with Crippen molar-refractivity contribution in [2.75, 3.05) is 25.5 Å². The lowest BCUT2D eigenvalue weighted by Crippen LogP contribution is -2.54. The Bertz CT molecular complexity index is 1580. The SMILES string of the molecule is CN1[C@@H]2CC[C@H]1CN(C(=O)Cn1cc(NC(=O)c3cnn4cccnc34)c(-c3cc(Cl)ccc3OC(F)F)n1)C2. The van der Waals surface area contributed by atoms with E-state index in [9.17, 15) is 18.4 Å². The molecule has 0 aliphatic carbocycles. The van der Waals surface area contributed by atoms with Gasteiger partial charge in [0, 0.05) is 54.3 Å². The zero-order valence-electron chi connectivity index (χ0n) is 21.4. The first-order valence-corrected chi connectivity index (χ1v) is 13.1. The minimum atomic E-state index is -3.10. The minimum Gasteiger partial charge on any atom is -0.434 e. The number of ether oxygens (including phenoxy) is 1. The van der Waals surface area contributed by atoms with Crippen molar-refractivity contribution in [3.05, 3.63) is 59.6 Å². The quantitative estimate of drug-likeness (QED) is 0.363. The molecule has 2 fully saturated rings. The number of halogens is 3. The molecule has 2 atom stereocenters. The van der Waals surface area contributed by atoms with Gasteiger partial charge in [-0.15, -0.1) is 0 Å². The molecule has 0 spiro atoms. The summed E-state index contributed by atoms with van der Waals surface area (Å²) in [7, 11) is 2.09. The van der Waals surface area contributed by atoms with E-state index >= 15 is 0 Å². The molecule has 0 radical (unpaired) electrons. The Kier molecular flexibility index (Phi) is 6.84.